The van der Waals surface area contributed by atoms with Gasteiger partial charge in [-0.25, -0.2) is 4.99 Å². The van der Waals surface area contributed by atoms with Gasteiger partial charge in [0.05, 0.1) is 0 Å². The first kappa shape index (κ1) is 15.1. The number of aromatic nitrogens is 2. The van der Waals surface area contributed by atoms with E-state index < -0.39 is 0 Å². The zero-order valence-electron chi connectivity index (χ0n) is 9.73. The Bertz CT molecular complexity index is 338. The first-order valence-electron chi connectivity index (χ1n) is 4.97. The lowest BCUT2D eigenvalue weighted by molar-refractivity contribution is 0.376. The smallest absolute Gasteiger partial charge is 0.248 e. The molecule has 1 rings (SSSR count). The number of nitrogens with zero attached hydrogens (tertiary/aromatic N) is 3. The molecular weight excluding hydrogens is 321 g/mol. The van der Waals surface area contributed by atoms with Crippen molar-refractivity contribution in [3.63, 3.8) is 0 Å². The molecule has 1 aromatic heterocycles. The van der Waals surface area contributed by atoms with E-state index in [1.165, 1.54) is 0 Å². The second kappa shape index (κ2) is 7.42. The fourth-order valence-corrected chi connectivity index (χ4v) is 0.957. The highest BCUT2D eigenvalue weighted by Gasteiger charge is 2.02. The number of halogens is 1. The Morgan fingerprint density at radius 3 is 2.81 bits per heavy atom. The van der Waals surface area contributed by atoms with Gasteiger partial charge in [0.2, 0.25) is 5.89 Å². The summed E-state index contributed by atoms with van der Waals surface area (Å²) < 4.78 is 4.89. The van der Waals surface area contributed by atoms with Crippen molar-refractivity contribution in [2.75, 3.05) is 0 Å². The fourth-order valence-electron chi connectivity index (χ4n) is 0.957. The Labute approximate surface area is 112 Å². The monoisotopic (exact) mass is 339 g/mol. The number of hydrogen-bond donors (Lipinski definition) is 2. The Kier molecular flexibility index (Phi) is 7.02. The summed E-state index contributed by atoms with van der Waals surface area (Å²) in [6.07, 6.45) is 0.996. The predicted octanol–water partition coefficient (Wildman–Crippen LogP) is 1.20. The van der Waals surface area contributed by atoms with E-state index in [9.17, 15) is 0 Å². The van der Waals surface area contributed by atoms with Crippen LogP contribution in [0, 0.1) is 6.92 Å². The third-order valence-corrected chi connectivity index (χ3v) is 1.96. The van der Waals surface area contributed by atoms with Gasteiger partial charge in [0.15, 0.2) is 11.8 Å². The van der Waals surface area contributed by atoms with Crippen LogP contribution in [0.2, 0.25) is 0 Å². The minimum Gasteiger partial charge on any atom is -0.370 e. The van der Waals surface area contributed by atoms with Crippen LogP contribution in [0.3, 0.4) is 0 Å². The van der Waals surface area contributed by atoms with Gasteiger partial charge in [0.25, 0.3) is 0 Å². The van der Waals surface area contributed by atoms with Crippen LogP contribution >= 0.6 is 24.0 Å². The van der Waals surface area contributed by atoms with Gasteiger partial charge in [-0.3, -0.25) is 0 Å². The highest BCUT2D eigenvalue weighted by molar-refractivity contribution is 14.0. The lowest BCUT2D eigenvalue weighted by Crippen LogP contribution is -2.38. The summed E-state index contributed by atoms with van der Waals surface area (Å²) in [5.74, 6) is 1.48. The molecule has 0 amide bonds. The summed E-state index contributed by atoms with van der Waals surface area (Å²) >= 11 is 0. The van der Waals surface area contributed by atoms with E-state index in [0.717, 1.165) is 6.42 Å². The van der Waals surface area contributed by atoms with Crippen LogP contribution in [0.1, 0.15) is 32.0 Å². The zero-order chi connectivity index (χ0) is 11.3. The standard InChI is InChI=1S/C9H17N5O.HI/c1-4-6(2)12-9(10)11-5-8-13-7(3)14-15-8;/h6H,4-5H2,1-3H3,(H3,10,11,12);1H. The van der Waals surface area contributed by atoms with Gasteiger partial charge in [-0.1, -0.05) is 12.1 Å². The van der Waals surface area contributed by atoms with Gasteiger partial charge in [-0.2, -0.15) is 4.98 Å². The quantitative estimate of drug-likeness (QED) is 0.489. The van der Waals surface area contributed by atoms with Crippen LogP contribution in [0.25, 0.3) is 0 Å². The number of guanidine groups is 1. The topological polar surface area (TPSA) is 89.3 Å². The second-order valence-electron chi connectivity index (χ2n) is 3.39. The highest BCUT2D eigenvalue weighted by atomic mass is 127. The van der Waals surface area contributed by atoms with Crippen molar-refractivity contribution in [1.29, 1.82) is 0 Å². The Morgan fingerprint density at radius 1 is 1.62 bits per heavy atom. The van der Waals surface area contributed by atoms with Crippen molar-refractivity contribution in [2.45, 2.75) is 39.8 Å². The Morgan fingerprint density at radius 2 is 2.31 bits per heavy atom. The molecule has 0 radical (unpaired) electrons. The van der Waals surface area contributed by atoms with Crippen LogP contribution < -0.4 is 11.1 Å². The molecule has 1 unspecified atom stereocenters. The molecule has 7 heteroatoms. The van der Waals surface area contributed by atoms with Crippen LogP contribution in [0.5, 0.6) is 0 Å². The fraction of sp³-hybridized carbons (Fsp3) is 0.667. The number of aryl methyl sites for hydroxylation is 1. The summed E-state index contributed by atoms with van der Waals surface area (Å²) in [6.45, 7) is 6.19. The van der Waals surface area contributed by atoms with E-state index in [4.69, 9.17) is 10.3 Å². The summed E-state index contributed by atoms with van der Waals surface area (Å²) in [5.41, 5.74) is 5.65. The molecule has 3 N–H and O–H groups in total. The van der Waals surface area contributed by atoms with E-state index >= 15 is 0 Å². The second-order valence-corrected chi connectivity index (χ2v) is 3.39. The van der Waals surface area contributed by atoms with Crippen molar-refractivity contribution < 1.29 is 4.52 Å². The minimum atomic E-state index is 0. The maximum atomic E-state index is 5.65. The predicted molar refractivity (Wildman–Crippen MR) is 72.7 cm³/mol. The van der Waals surface area contributed by atoms with Crippen molar-refractivity contribution >= 4 is 29.9 Å². The Balaban J connectivity index is 0.00000225. The van der Waals surface area contributed by atoms with E-state index in [-0.39, 0.29) is 24.0 Å². The molecular formula is C9H18IN5O. The molecule has 0 aromatic carbocycles. The van der Waals surface area contributed by atoms with Gasteiger partial charge >= 0.3 is 0 Å². The van der Waals surface area contributed by atoms with Crippen molar-refractivity contribution in [1.82, 2.24) is 15.5 Å². The Hall–Kier alpha value is -0.860. The summed E-state index contributed by atoms with van der Waals surface area (Å²) in [5, 5.41) is 6.70. The molecule has 0 saturated heterocycles. The lowest BCUT2D eigenvalue weighted by Gasteiger charge is -2.10. The molecule has 0 fully saturated rings. The molecule has 1 atom stereocenters. The summed E-state index contributed by atoms with van der Waals surface area (Å²) in [6, 6.07) is 0.318. The van der Waals surface area contributed by atoms with Crippen molar-refractivity contribution in [2.24, 2.45) is 10.7 Å². The number of rotatable bonds is 4. The molecule has 1 aromatic rings. The van der Waals surface area contributed by atoms with Crippen molar-refractivity contribution in [3.8, 4) is 0 Å². The lowest BCUT2D eigenvalue weighted by atomic mass is 10.3. The average Bonchev–Trinajstić information content (AvgIpc) is 2.61. The molecule has 1 heterocycles. The maximum absolute atomic E-state index is 5.65. The molecule has 0 aliphatic rings. The van der Waals surface area contributed by atoms with Crippen LogP contribution in [-0.4, -0.2) is 22.1 Å². The zero-order valence-corrected chi connectivity index (χ0v) is 12.1. The minimum absolute atomic E-state index is 0. The van der Waals surface area contributed by atoms with E-state index in [2.05, 4.69) is 27.4 Å². The number of aliphatic imine (C=N–C) groups is 1. The highest BCUT2D eigenvalue weighted by Crippen LogP contribution is 1.97. The summed E-state index contributed by atoms with van der Waals surface area (Å²) in [4.78, 5) is 8.10. The molecule has 92 valence electrons. The number of nitrogens with one attached hydrogen (secondary N) is 1. The van der Waals surface area contributed by atoms with Gasteiger partial charge in [-0.15, -0.1) is 24.0 Å². The van der Waals surface area contributed by atoms with Crippen LogP contribution in [0.4, 0.5) is 0 Å². The molecule has 0 bridgehead atoms. The normalized spacial score (nSPS) is 13.1. The third kappa shape index (κ3) is 5.29. The third-order valence-electron chi connectivity index (χ3n) is 1.96. The van der Waals surface area contributed by atoms with Crippen molar-refractivity contribution in [3.05, 3.63) is 11.7 Å². The van der Waals surface area contributed by atoms with Gasteiger partial charge < -0.3 is 15.6 Å². The first-order chi connectivity index (χ1) is 7.11. The molecule has 0 saturated carbocycles. The first-order valence-corrected chi connectivity index (χ1v) is 4.97. The molecule has 0 aliphatic carbocycles. The number of hydrogen-bond acceptors (Lipinski definition) is 4. The van der Waals surface area contributed by atoms with Gasteiger partial charge in [0.1, 0.15) is 6.54 Å². The van der Waals surface area contributed by atoms with Gasteiger partial charge in [-0.05, 0) is 20.3 Å². The SMILES string of the molecule is CCC(C)NC(N)=NCc1nc(C)no1.I. The molecule has 16 heavy (non-hydrogen) atoms. The van der Waals surface area contributed by atoms with Crippen LogP contribution in [0.15, 0.2) is 9.52 Å². The largest absolute Gasteiger partial charge is 0.370 e. The maximum Gasteiger partial charge on any atom is 0.248 e. The molecule has 0 spiro atoms. The molecule has 6 nitrogen and oxygen atoms in total. The average molecular weight is 339 g/mol. The molecule has 0 aliphatic heterocycles. The van der Waals surface area contributed by atoms with Gasteiger partial charge in [0, 0.05) is 6.04 Å². The summed E-state index contributed by atoms with van der Waals surface area (Å²) in [7, 11) is 0. The van der Waals surface area contributed by atoms with Crippen LogP contribution in [-0.2, 0) is 6.54 Å². The van der Waals surface area contributed by atoms with E-state index in [1.807, 2.05) is 6.92 Å². The van der Waals surface area contributed by atoms with E-state index in [0.29, 0.717) is 30.3 Å². The van der Waals surface area contributed by atoms with E-state index in [1.54, 1.807) is 6.92 Å². The number of nitrogens with two attached hydrogens (primary N) is 1.